The average Bonchev–Trinajstić information content (AvgIpc) is 2.43. The number of hydrazine groups is 1. The first-order chi connectivity index (χ1) is 9.60. The van der Waals surface area contributed by atoms with E-state index in [4.69, 9.17) is 15.3 Å². The van der Waals surface area contributed by atoms with Crippen LogP contribution in [0.4, 0.5) is 11.9 Å². The molecule has 0 spiro atoms. The summed E-state index contributed by atoms with van der Waals surface area (Å²) in [6.45, 7) is 9.74. The second-order valence-corrected chi connectivity index (χ2v) is 4.50. The predicted octanol–water partition coefficient (Wildman–Crippen LogP) is 1.03. The van der Waals surface area contributed by atoms with Gasteiger partial charge in [0.05, 0.1) is 19.3 Å². The van der Waals surface area contributed by atoms with E-state index in [9.17, 15) is 0 Å². The molecule has 1 unspecified atom stereocenters. The van der Waals surface area contributed by atoms with Crippen molar-refractivity contribution in [1.29, 1.82) is 0 Å². The number of nitrogen functional groups attached to an aromatic ring is 1. The molecule has 1 heterocycles. The number of nitrogens with two attached hydrogens (primary N) is 1. The summed E-state index contributed by atoms with van der Waals surface area (Å²) in [5, 5.41) is 3.22. The van der Waals surface area contributed by atoms with E-state index < -0.39 is 0 Å². The Morgan fingerprint density at radius 2 is 1.80 bits per heavy atom. The van der Waals surface area contributed by atoms with Crippen LogP contribution in [0, 0.1) is 5.92 Å². The lowest BCUT2D eigenvalue weighted by molar-refractivity contribution is 0.126. The van der Waals surface area contributed by atoms with E-state index in [-0.39, 0.29) is 18.0 Å². The van der Waals surface area contributed by atoms with Crippen LogP contribution in [0.3, 0.4) is 0 Å². The Morgan fingerprint density at radius 1 is 1.10 bits per heavy atom. The fourth-order valence-electron chi connectivity index (χ4n) is 1.49. The lowest BCUT2D eigenvalue weighted by Gasteiger charge is -2.22. The summed E-state index contributed by atoms with van der Waals surface area (Å²) in [6, 6.07) is 0.328. The molecule has 114 valence electrons. The van der Waals surface area contributed by atoms with Crippen molar-refractivity contribution in [1.82, 2.24) is 15.0 Å². The molecule has 1 atom stereocenters. The van der Waals surface area contributed by atoms with Gasteiger partial charge in [-0.05, 0) is 19.8 Å². The smallest absolute Gasteiger partial charge is 0.323 e. The van der Waals surface area contributed by atoms with Crippen molar-refractivity contribution in [2.75, 3.05) is 30.6 Å². The highest BCUT2D eigenvalue weighted by atomic mass is 16.5. The zero-order chi connectivity index (χ0) is 15.0. The number of rotatable bonds is 9. The summed E-state index contributed by atoms with van der Waals surface area (Å²) in [4.78, 5) is 12.4. The lowest BCUT2D eigenvalue weighted by Crippen LogP contribution is -2.32. The van der Waals surface area contributed by atoms with E-state index in [1.807, 2.05) is 13.8 Å². The molecule has 20 heavy (non-hydrogen) atoms. The molecule has 0 fully saturated rings. The maximum Gasteiger partial charge on any atom is 0.323 e. The van der Waals surface area contributed by atoms with Crippen molar-refractivity contribution >= 4 is 11.9 Å². The molecule has 8 nitrogen and oxygen atoms in total. The highest BCUT2D eigenvalue weighted by Gasteiger charge is 2.16. The monoisotopic (exact) mass is 284 g/mol. The van der Waals surface area contributed by atoms with E-state index in [0.29, 0.717) is 31.7 Å². The number of aromatic nitrogens is 3. The Hall–Kier alpha value is -1.67. The molecule has 1 aromatic heterocycles. The minimum atomic E-state index is 0.0949. The number of hydrogen-bond acceptors (Lipinski definition) is 8. The third-order valence-electron chi connectivity index (χ3n) is 2.64. The molecule has 0 aliphatic rings. The van der Waals surface area contributed by atoms with Crippen molar-refractivity contribution in [2.45, 2.75) is 33.7 Å². The topological polar surface area (TPSA) is 107 Å². The fourth-order valence-corrected chi connectivity index (χ4v) is 1.49. The second-order valence-electron chi connectivity index (χ2n) is 4.50. The van der Waals surface area contributed by atoms with Gasteiger partial charge in [0.15, 0.2) is 0 Å². The summed E-state index contributed by atoms with van der Waals surface area (Å²) in [7, 11) is 0. The van der Waals surface area contributed by atoms with Crippen LogP contribution in [0.15, 0.2) is 0 Å². The fraction of sp³-hybridized carbons (Fsp3) is 0.750. The Bertz CT molecular complexity index is 402. The summed E-state index contributed by atoms with van der Waals surface area (Å²) >= 11 is 0. The van der Waals surface area contributed by atoms with Gasteiger partial charge in [-0.15, -0.1) is 0 Å². The highest BCUT2D eigenvalue weighted by molar-refractivity contribution is 5.35. The largest absolute Gasteiger partial charge is 0.464 e. The highest BCUT2D eigenvalue weighted by Crippen LogP contribution is 2.14. The molecule has 0 radical (unpaired) electrons. The zero-order valence-electron chi connectivity index (χ0n) is 12.5. The molecule has 1 aromatic rings. The van der Waals surface area contributed by atoms with Crippen LogP contribution in [-0.2, 0) is 4.74 Å². The predicted molar refractivity (Wildman–Crippen MR) is 77.5 cm³/mol. The van der Waals surface area contributed by atoms with Gasteiger partial charge < -0.3 is 14.8 Å². The Morgan fingerprint density at radius 3 is 2.35 bits per heavy atom. The minimum absolute atomic E-state index is 0.0949. The van der Waals surface area contributed by atoms with Crippen molar-refractivity contribution < 1.29 is 9.47 Å². The maximum absolute atomic E-state index is 5.46. The van der Waals surface area contributed by atoms with E-state index in [1.165, 1.54) is 0 Å². The molecule has 0 saturated heterocycles. The average molecular weight is 284 g/mol. The van der Waals surface area contributed by atoms with E-state index in [2.05, 4.69) is 39.5 Å². The Kier molecular flexibility index (Phi) is 6.96. The SMILES string of the molecule is CCOCC(Nc1nc(NN)nc(OCC)n1)C(C)C. The van der Waals surface area contributed by atoms with Crippen LogP contribution in [0.25, 0.3) is 0 Å². The molecule has 0 aliphatic heterocycles. The van der Waals surface area contributed by atoms with Gasteiger partial charge in [-0.2, -0.15) is 15.0 Å². The summed E-state index contributed by atoms with van der Waals surface area (Å²) < 4.78 is 10.7. The minimum Gasteiger partial charge on any atom is -0.464 e. The molecule has 0 aromatic carbocycles. The van der Waals surface area contributed by atoms with Gasteiger partial charge in [-0.25, -0.2) is 5.84 Å². The second kappa shape index (κ2) is 8.49. The normalized spacial score (nSPS) is 12.3. The van der Waals surface area contributed by atoms with Gasteiger partial charge in [-0.1, -0.05) is 13.8 Å². The molecule has 1 rings (SSSR count). The Balaban J connectivity index is 2.84. The molecule has 8 heteroatoms. The van der Waals surface area contributed by atoms with Gasteiger partial charge in [-0.3, -0.25) is 5.43 Å². The van der Waals surface area contributed by atoms with E-state index >= 15 is 0 Å². The van der Waals surface area contributed by atoms with Gasteiger partial charge in [0.2, 0.25) is 11.9 Å². The van der Waals surface area contributed by atoms with E-state index in [1.54, 1.807) is 0 Å². The maximum atomic E-state index is 5.46. The molecule has 0 saturated carbocycles. The lowest BCUT2D eigenvalue weighted by atomic mass is 10.1. The molecular weight excluding hydrogens is 260 g/mol. The first-order valence-electron chi connectivity index (χ1n) is 6.80. The molecule has 4 N–H and O–H groups in total. The first-order valence-corrected chi connectivity index (χ1v) is 6.80. The van der Waals surface area contributed by atoms with Crippen LogP contribution in [0.2, 0.25) is 0 Å². The number of hydrogen-bond donors (Lipinski definition) is 3. The van der Waals surface area contributed by atoms with Crippen LogP contribution in [0.5, 0.6) is 6.01 Å². The number of nitrogens with one attached hydrogen (secondary N) is 2. The van der Waals surface area contributed by atoms with Gasteiger partial charge >= 0.3 is 6.01 Å². The molecule has 0 aliphatic carbocycles. The summed E-state index contributed by atoms with van der Waals surface area (Å²) in [5.74, 6) is 6.37. The molecular formula is C12H24N6O2. The van der Waals surface area contributed by atoms with Gasteiger partial charge in [0, 0.05) is 6.61 Å². The number of nitrogens with zero attached hydrogens (tertiary/aromatic N) is 3. The molecule has 0 bridgehead atoms. The van der Waals surface area contributed by atoms with Crippen LogP contribution < -0.4 is 21.3 Å². The summed E-state index contributed by atoms with van der Waals surface area (Å²) in [5.41, 5.74) is 2.40. The van der Waals surface area contributed by atoms with Gasteiger partial charge in [0.25, 0.3) is 0 Å². The molecule has 0 amide bonds. The quantitative estimate of drug-likeness (QED) is 0.456. The van der Waals surface area contributed by atoms with Crippen molar-refractivity contribution in [3.05, 3.63) is 0 Å². The van der Waals surface area contributed by atoms with Crippen molar-refractivity contribution in [3.63, 3.8) is 0 Å². The number of anilines is 2. The van der Waals surface area contributed by atoms with Crippen LogP contribution in [0.1, 0.15) is 27.7 Å². The van der Waals surface area contributed by atoms with Crippen molar-refractivity contribution in [3.8, 4) is 6.01 Å². The Labute approximate surface area is 119 Å². The third kappa shape index (κ3) is 5.14. The van der Waals surface area contributed by atoms with Crippen LogP contribution in [-0.4, -0.2) is 40.8 Å². The number of ether oxygens (including phenoxy) is 2. The van der Waals surface area contributed by atoms with Crippen LogP contribution >= 0.6 is 0 Å². The van der Waals surface area contributed by atoms with Crippen molar-refractivity contribution in [2.24, 2.45) is 11.8 Å². The zero-order valence-corrected chi connectivity index (χ0v) is 12.5. The van der Waals surface area contributed by atoms with Gasteiger partial charge in [0.1, 0.15) is 0 Å². The standard InChI is InChI=1S/C12H24N6O2/c1-5-19-7-9(8(3)4)14-10-15-11(18-13)17-12(16-10)20-6-2/h8-9H,5-7,13H2,1-4H3,(H2,14,15,16,17,18). The third-order valence-corrected chi connectivity index (χ3v) is 2.64. The van der Waals surface area contributed by atoms with E-state index in [0.717, 1.165) is 0 Å². The first kappa shape index (κ1) is 16.4. The summed E-state index contributed by atoms with van der Waals surface area (Å²) in [6.07, 6.45) is 0.